The summed E-state index contributed by atoms with van der Waals surface area (Å²) in [5.74, 6) is -0.176. The van der Waals surface area contributed by atoms with E-state index in [1.54, 1.807) is 12.1 Å². The molecular formula is C16H22FNO4S. The first-order valence-electron chi connectivity index (χ1n) is 7.96. The van der Waals surface area contributed by atoms with Gasteiger partial charge in [0.2, 0.25) is 10.0 Å². The number of rotatable bonds is 4. The van der Waals surface area contributed by atoms with Gasteiger partial charge in [-0.15, -0.1) is 0 Å². The molecule has 2 atom stereocenters. The molecule has 0 radical (unpaired) electrons. The maximum Gasteiger partial charge on any atom is 0.215 e. The van der Waals surface area contributed by atoms with Crippen molar-refractivity contribution >= 4 is 10.0 Å². The Balaban J connectivity index is 1.79. The molecule has 0 spiro atoms. The summed E-state index contributed by atoms with van der Waals surface area (Å²) in [6.45, 7) is 1.31. The van der Waals surface area contributed by atoms with Crippen LogP contribution < -0.4 is 0 Å². The highest BCUT2D eigenvalue weighted by molar-refractivity contribution is 7.89. The predicted octanol–water partition coefficient (Wildman–Crippen LogP) is 1.69. The lowest BCUT2D eigenvalue weighted by molar-refractivity contribution is 0.0720. The van der Waals surface area contributed by atoms with Crippen LogP contribution in [0.5, 0.6) is 0 Å². The van der Waals surface area contributed by atoms with E-state index >= 15 is 0 Å². The van der Waals surface area contributed by atoms with Crippen LogP contribution in [0.2, 0.25) is 0 Å². The zero-order valence-electron chi connectivity index (χ0n) is 12.9. The molecule has 0 saturated carbocycles. The van der Waals surface area contributed by atoms with E-state index in [2.05, 4.69) is 0 Å². The first-order chi connectivity index (χ1) is 11.0. The van der Waals surface area contributed by atoms with Crippen LogP contribution in [-0.4, -0.2) is 49.4 Å². The number of nitrogens with zero attached hydrogens (tertiary/aromatic N) is 1. The summed E-state index contributed by atoms with van der Waals surface area (Å²) in [4.78, 5) is 0. The Hall–Kier alpha value is -1.02. The molecule has 2 aliphatic heterocycles. The summed E-state index contributed by atoms with van der Waals surface area (Å²) < 4.78 is 45.4. The fourth-order valence-corrected chi connectivity index (χ4v) is 5.50. The lowest BCUT2D eigenvalue weighted by Gasteiger charge is -2.28. The zero-order valence-corrected chi connectivity index (χ0v) is 13.7. The minimum atomic E-state index is -3.48. The molecule has 3 rings (SSSR count). The van der Waals surface area contributed by atoms with Crippen molar-refractivity contribution in [3.63, 3.8) is 0 Å². The summed E-state index contributed by atoms with van der Waals surface area (Å²) in [6, 6.07) is 5.41. The topological polar surface area (TPSA) is 66.8 Å². The van der Waals surface area contributed by atoms with E-state index in [-0.39, 0.29) is 24.0 Å². The molecule has 5 nitrogen and oxygen atoms in total. The van der Waals surface area contributed by atoms with E-state index in [9.17, 15) is 17.9 Å². The van der Waals surface area contributed by atoms with Crippen LogP contribution in [0.4, 0.5) is 4.39 Å². The fraction of sp³-hybridized carbons (Fsp3) is 0.625. The van der Waals surface area contributed by atoms with Gasteiger partial charge in [-0.2, -0.15) is 4.31 Å². The zero-order chi connectivity index (χ0) is 16.4. The Morgan fingerprint density at radius 1 is 1.22 bits per heavy atom. The number of β-amino-alcohol motifs (C(OH)–C–C–N with tert-alkyl or cyclic N) is 1. The predicted molar refractivity (Wildman–Crippen MR) is 83.8 cm³/mol. The summed E-state index contributed by atoms with van der Waals surface area (Å²) in [5.41, 5.74) is 0.721. The molecule has 2 heterocycles. The van der Waals surface area contributed by atoms with Crippen molar-refractivity contribution in [2.45, 2.75) is 31.4 Å². The van der Waals surface area contributed by atoms with Gasteiger partial charge < -0.3 is 9.84 Å². The van der Waals surface area contributed by atoms with Crippen molar-refractivity contribution in [1.82, 2.24) is 4.31 Å². The Bertz CT molecular complexity index is 628. The van der Waals surface area contributed by atoms with E-state index in [4.69, 9.17) is 4.74 Å². The Kier molecular flexibility index (Phi) is 5.01. The molecule has 2 unspecified atom stereocenters. The van der Waals surface area contributed by atoms with E-state index in [1.165, 1.54) is 16.4 Å². The van der Waals surface area contributed by atoms with Crippen molar-refractivity contribution < 1.29 is 22.7 Å². The number of sulfonamides is 1. The van der Waals surface area contributed by atoms with Crippen molar-refractivity contribution in [1.29, 1.82) is 0 Å². The molecule has 7 heteroatoms. The van der Waals surface area contributed by atoms with Gasteiger partial charge in [-0.1, -0.05) is 12.1 Å². The first kappa shape index (κ1) is 16.8. The summed E-state index contributed by atoms with van der Waals surface area (Å²) >= 11 is 0. The first-order valence-corrected chi connectivity index (χ1v) is 9.57. The third kappa shape index (κ3) is 3.91. The SMILES string of the molecule is O=S(=O)(CC1CCOCC1)N1CC(O)CC1c1ccc(F)cc1. The molecular weight excluding hydrogens is 321 g/mol. The molecule has 2 saturated heterocycles. The lowest BCUT2D eigenvalue weighted by atomic mass is 10.0. The maximum atomic E-state index is 13.1. The number of halogens is 1. The molecule has 23 heavy (non-hydrogen) atoms. The second-order valence-corrected chi connectivity index (χ2v) is 8.33. The standard InChI is InChI=1S/C16H22FNO4S/c17-14-3-1-13(2-4-14)16-9-15(19)10-18(16)23(20,21)11-12-5-7-22-8-6-12/h1-4,12,15-16,19H,5-11H2. The highest BCUT2D eigenvalue weighted by Crippen LogP contribution is 2.35. The smallest absolute Gasteiger partial charge is 0.215 e. The van der Waals surface area contributed by atoms with Gasteiger partial charge in [0.1, 0.15) is 5.82 Å². The van der Waals surface area contributed by atoms with Crippen LogP contribution in [0.3, 0.4) is 0 Å². The molecule has 2 aliphatic rings. The van der Waals surface area contributed by atoms with Crippen molar-refractivity contribution in [3.05, 3.63) is 35.6 Å². The second kappa shape index (κ2) is 6.84. The van der Waals surface area contributed by atoms with E-state index < -0.39 is 22.2 Å². The number of hydrogen-bond donors (Lipinski definition) is 1. The third-order valence-corrected chi connectivity index (χ3v) is 6.64. The Morgan fingerprint density at radius 3 is 2.52 bits per heavy atom. The highest BCUT2D eigenvalue weighted by atomic mass is 32.2. The fourth-order valence-electron chi connectivity index (χ4n) is 3.39. The van der Waals surface area contributed by atoms with Gasteiger partial charge in [0, 0.05) is 19.8 Å². The van der Waals surface area contributed by atoms with Gasteiger partial charge in [-0.25, -0.2) is 12.8 Å². The number of aliphatic hydroxyl groups is 1. The molecule has 1 aromatic carbocycles. The monoisotopic (exact) mass is 343 g/mol. The van der Waals surface area contributed by atoms with Crippen LogP contribution in [-0.2, 0) is 14.8 Å². The average molecular weight is 343 g/mol. The van der Waals surface area contributed by atoms with Crippen molar-refractivity contribution in [2.75, 3.05) is 25.5 Å². The van der Waals surface area contributed by atoms with Crippen LogP contribution >= 0.6 is 0 Å². The number of hydrogen-bond acceptors (Lipinski definition) is 4. The highest BCUT2D eigenvalue weighted by Gasteiger charge is 2.40. The molecule has 128 valence electrons. The average Bonchev–Trinajstić information content (AvgIpc) is 2.91. The molecule has 1 N–H and O–H groups in total. The normalized spacial score (nSPS) is 27.4. The van der Waals surface area contributed by atoms with Crippen LogP contribution in [0, 0.1) is 11.7 Å². The summed E-state index contributed by atoms with van der Waals surface area (Å²) in [6.07, 6.45) is 1.15. The van der Waals surface area contributed by atoms with Crippen LogP contribution in [0.1, 0.15) is 30.9 Å². The summed E-state index contributed by atoms with van der Waals surface area (Å²) in [5, 5.41) is 9.95. The molecule has 1 aromatic rings. The quantitative estimate of drug-likeness (QED) is 0.903. The minimum Gasteiger partial charge on any atom is -0.392 e. The van der Waals surface area contributed by atoms with Gasteiger partial charge in [-0.05, 0) is 42.9 Å². The lowest BCUT2D eigenvalue weighted by Crippen LogP contribution is -2.37. The minimum absolute atomic E-state index is 0.0841. The molecule has 0 aromatic heterocycles. The second-order valence-electron chi connectivity index (χ2n) is 6.36. The molecule has 2 fully saturated rings. The van der Waals surface area contributed by atoms with Gasteiger partial charge >= 0.3 is 0 Å². The molecule has 0 amide bonds. The van der Waals surface area contributed by atoms with Crippen molar-refractivity contribution in [3.8, 4) is 0 Å². The van der Waals surface area contributed by atoms with Gasteiger partial charge in [0.25, 0.3) is 0 Å². The van der Waals surface area contributed by atoms with Crippen LogP contribution in [0.25, 0.3) is 0 Å². The van der Waals surface area contributed by atoms with Crippen LogP contribution in [0.15, 0.2) is 24.3 Å². The van der Waals surface area contributed by atoms with E-state index in [0.717, 1.165) is 18.4 Å². The number of ether oxygens (including phenoxy) is 1. The maximum absolute atomic E-state index is 13.1. The van der Waals surface area contributed by atoms with Gasteiger partial charge in [-0.3, -0.25) is 0 Å². The van der Waals surface area contributed by atoms with Gasteiger partial charge in [0.05, 0.1) is 17.9 Å². The van der Waals surface area contributed by atoms with Crippen molar-refractivity contribution in [2.24, 2.45) is 5.92 Å². The summed E-state index contributed by atoms with van der Waals surface area (Å²) in [7, 11) is -3.48. The largest absolute Gasteiger partial charge is 0.392 e. The number of aliphatic hydroxyl groups excluding tert-OH is 1. The third-order valence-electron chi connectivity index (χ3n) is 4.63. The Labute approximate surface area is 136 Å². The van der Waals surface area contributed by atoms with Gasteiger partial charge in [0.15, 0.2) is 0 Å². The number of benzene rings is 1. The molecule has 0 aliphatic carbocycles. The van der Waals surface area contributed by atoms with E-state index in [1.807, 2.05) is 0 Å². The Morgan fingerprint density at radius 2 is 1.87 bits per heavy atom. The van der Waals surface area contributed by atoms with E-state index in [0.29, 0.717) is 19.6 Å². The molecule has 0 bridgehead atoms.